The number of hydrogen-bond acceptors (Lipinski definition) is 4. The predicted octanol–water partition coefficient (Wildman–Crippen LogP) is 1.95. The van der Waals surface area contributed by atoms with Crippen LogP contribution in [0.25, 0.3) is 0 Å². The van der Waals surface area contributed by atoms with Gasteiger partial charge in [0.15, 0.2) is 11.0 Å². The van der Waals surface area contributed by atoms with E-state index < -0.39 is 0 Å². The van der Waals surface area contributed by atoms with Gasteiger partial charge in [0, 0.05) is 6.54 Å². The molecule has 1 amide bonds. The van der Waals surface area contributed by atoms with Crippen molar-refractivity contribution in [2.45, 2.75) is 13.8 Å². The molecular weight excluding hydrogens is 263 g/mol. The van der Waals surface area contributed by atoms with Crippen molar-refractivity contribution in [1.29, 1.82) is 0 Å². The van der Waals surface area contributed by atoms with E-state index in [4.69, 9.17) is 28.9 Å². The second kappa shape index (κ2) is 6.14. The molecule has 0 aliphatic heterocycles. The summed E-state index contributed by atoms with van der Waals surface area (Å²) in [5.41, 5.74) is 5.54. The Morgan fingerprint density at radius 3 is 2.65 bits per heavy atom. The van der Waals surface area contributed by atoms with E-state index in [0.29, 0.717) is 0 Å². The minimum atomic E-state index is -0.292. The zero-order valence-corrected chi connectivity index (χ0v) is 11.1. The minimum absolute atomic E-state index is 0.103. The number of nitrogens with zero attached hydrogens (tertiary/aromatic N) is 2. The van der Waals surface area contributed by atoms with E-state index in [9.17, 15) is 4.79 Å². The lowest BCUT2D eigenvalue weighted by molar-refractivity contribution is -0.120. The van der Waals surface area contributed by atoms with Crippen LogP contribution >= 0.6 is 23.2 Å². The third-order valence-corrected chi connectivity index (χ3v) is 3.13. The second-order valence-electron chi connectivity index (χ2n) is 3.90. The third-order valence-electron chi connectivity index (χ3n) is 2.38. The molecule has 0 fully saturated rings. The van der Waals surface area contributed by atoms with Gasteiger partial charge in [-0.1, -0.05) is 37.0 Å². The van der Waals surface area contributed by atoms with Crippen molar-refractivity contribution in [3.63, 3.8) is 0 Å². The fourth-order valence-corrected chi connectivity index (χ4v) is 1.60. The molecule has 0 saturated heterocycles. The van der Waals surface area contributed by atoms with Gasteiger partial charge in [0.05, 0.1) is 5.92 Å². The first-order valence-corrected chi connectivity index (χ1v) is 5.89. The molecule has 1 aromatic rings. The molecule has 0 bridgehead atoms. The molecule has 0 radical (unpaired) electrons. The molecule has 0 saturated carbocycles. The average molecular weight is 277 g/mol. The van der Waals surface area contributed by atoms with Gasteiger partial charge in [-0.25, -0.2) is 9.97 Å². The molecule has 1 atom stereocenters. The van der Waals surface area contributed by atoms with Gasteiger partial charge >= 0.3 is 0 Å². The summed E-state index contributed by atoms with van der Waals surface area (Å²) in [5.74, 6) is -0.175. The normalized spacial score (nSPS) is 12.6. The lowest BCUT2D eigenvalue weighted by Crippen LogP contribution is -2.33. The van der Waals surface area contributed by atoms with Gasteiger partial charge in [-0.3, -0.25) is 4.79 Å². The van der Waals surface area contributed by atoms with Gasteiger partial charge in [0.25, 0.3) is 0 Å². The summed E-state index contributed by atoms with van der Waals surface area (Å²) >= 11 is 11.6. The first-order valence-electron chi connectivity index (χ1n) is 5.14. The van der Waals surface area contributed by atoms with Crippen LogP contribution in [0.3, 0.4) is 0 Å². The molecule has 0 spiro atoms. The maximum absolute atomic E-state index is 11.9. The largest absolute Gasteiger partial charge is 0.330 e. The van der Waals surface area contributed by atoms with Crippen LogP contribution in [-0.2, 0) is 4.79 Å². The maximum atomic E-state index is 11.9. The summed E-state index contributed by atoms with van der Waals surface area (Å²) in [4.78, 5) is 19.4. The summed E-state index contributed by atoms with van der Waals surface area (Å²) in [5, 5.41) is 2.83. The van der Waals surface area contributed by atoms with E-state index in [2.05, 4.69) is 15.3 Å². The SMILES string of the molecule is CC(C)C(CN)C(=O)Nc1ncnc(Cl)c1Cl. The zero-order chi connectivity index (χ0) is 13.0. The van der Waals surface area contributed by atoms with Crippen LogP contribution in [0, 0.1) is 11.8 Å². The van der Waals surface area contributed by atoms with Gasteiger partial charge in [0.1, 0.15) is 11.3 Å². The number of anilines is 1. The second-order valence-corrected chi connectivity index (χ2v) is 4.64. The fourth-order valence-electron chi connectivity index (χ4n) is 1.33. The van der Waals surface area contributed by atoms with Crippen LogP contribution in [0.5, 0.6) is 0 Å². The number of carbonyl (C=O) groups is 1. The van der Waals surface area contributed by atoms with Crippen molar-refractivity contribution in [2.75, 3.05) is 11.9 Å². The van der Waals surface area contributed by atoms with Crippen molar-refractivity contribution >= 4 is 34.9 Å². The van der Waals surface area contributed by atoms with E-state index in [1.807, 2.05) is 13.8 Å². The quantitative estimate of drug-likeness (QED) is 0.824. The van der Waals surface area contributed by atoms with E-state index in [1.54, 1.807) is 0 Å². The van der Waals surface area contributed by atoms with Crippen LogP contribution in [0.1, 0.15) is 13.8 Å². The Morgan fingerprint density at radius 1 is 1.47 bits per heavy atom. The first-order chi connectivity index (χ1) is 7.97. The highest BCUT2D eigenvalue weighted by Gasteiger charge is 2.22. The Kier molecular flexibility index (Phi) is 5.11. The van der Waals surface area contributed by atoms with Crippen LogP contribution in [0.2, 0.25) is 10.2 Å². The van der Waals surface area contributed by atoms with Crippen LogP contribution in [0.15, 0.2) is 6.33 Å². The van der Waals surface area contributed by atoms with Gasteiger partial charge < -0.3 is 11.1 Å². The summed E-state index contributed by atoms with van der Waals surface area (Å²) in [6.07, 6.45) is 1.23. The van der Waals surface area contributed by atoms with Crippen LogP contribution in [-0.4, -0.2) is 22.4 Å². The van der Waals surface area contributed by atoms with Gasteiger partial charge in [-0.05, 0) is 5.92 Å². The Hall–Kier alpha value is -0.910. The molecule has 1 heterocycles. The van der Waals surface area contributed by atoms with Crippen LogP contribution < -0.4 is 11.1 Å². The number of aromatic nitrogens is 2. The number of halogens is 2. The lowest BCUT2D eigenvalue weighted by atomic mass is 9.95. The molecule has 1 aromatic heterocycles. The van der Waals surface area contributed by atoms with Gasteiger partial charge in [-0.15, -0.1) is 0 Å². The Labute approximate surface area is 110 Å². The van der Waals surface area contributed by atoms with Gasteiger partial charge in [0.2, 0.25) is 5.91 Å². The molecule has 0 aliphatic rings. The molecule has 3 N–H and O–H groups in total. The van der Waals surface area contributed by atoms with E-state index in [0.717, 1.165) is 0 Å². The molecular formula is C10H14Cl2N4O. The summed E-state index contributed by atoms with van der Waals surface area (Å²) in [7, 11) is 0. The average Bonchev–Trinajstić information content (AvgIpc) is 2.25. The van der Waals surface area contributed by atoms with E-state index in [1.165, 1.54) is 6.33 Å². The third kappa shape index (κ3) is 3.52. The smallest absolute Gasteiger partial charge is 0.230 e. The molecule has 17 heavy (non-hydrogen) atoms. The number of rotatable bonds is 4. The molecule has 0 aromatic carbocycles. The Bertz CT molecular complexity index is 411. The van der Waals surface area contributed by atoms with E-state index >= 15 is 0 Å². The fraction of sp³-hybridized carbons (Fsp3) is 0.500. The highest BCUT2D eigenvalue weighted by molar-refractivity contribution is 6.42. The van der Waals surface area contributed by atoms with Crippen molar-refractivity contribution in [3.05, 3.63) is 16.5 Å². The number of amides is 1. The Morgan fingerprint density at radius 2 is 2.12 bits per heavy atom. The minimum Gasteiger partial charge on any atom is -0.330 e. The molecule has 7 heteroatoms. The van der Waals surface area contributed by atoms with Gasteiger partial charge in [-0.2, -0.15) is 0 Å². The van der Waals surface area contributed by atoms with Crippen molar-refractivity contribution < 1.29 is 4.79 Å². The topological polar surface area (TPSA) is 80.9 Å². The summed E-state index contributed by atoms with van der Waals surface area (Å²) in [6, 6.07) is 0. The zero-order valence-electron chi connectivity index (χ0n) is 9.58. The number of nitrogens with one attached hydrogen (secondary N) is 1. The molecule has 1 unspecified atom stereocenters. The predicted molar refractivity (Wildman–Crippen MR) is 68.1 cm³/mol. The number of carbonyl (C=O) groups excluding carboxylic acids is 1. The standard InChI is InChI=1S/C10H14Cl2N4O/c1-5(2)6(3-13)10(17)16-9-7(11)8(12)14-4-15-9/h4-6H,3,13H2,1-2H3,(H,14,15,16,17). The summed E-state index contributed by atoms with van der Waals surface area (Å²) in [6.45, 7) is 4.11. The molecule has 1 rings (SSSR count). The highest BCUT2D eigenvalue weighted by atomic mass is 35.5. The Balaban J connectivity index is 2.84. The van der Waals surface area contributed by atoms with Crippen molar-refractivity contribution in [1.82, 2.24) is 9.97 Å². The number of hydrogen-bond donors (Lipinski definition) is 2. The molecule has 94 valence electrons. The van der Waals surface area contributed by atoms with E-state index in [-0.39, 0.29) is 40.3 Å². The molecule has 0 aliphatic carbocycles. The first kappa shape index (κ1) is 14.2. The number of nitrogens with two attached hydrogens (primary N) is 1. The van der Waals surface area contributed by atoms with Crippen molar-refractivity contribution in [2.24, 2.45) is 17.6 Å². The van der Waals surface area contributed by atoms with Crippen LogP contribution in [0.4, 0.5) is 5.82 Å². The monoisotopic (exact) mass is 276 g/mol. The highest BCUT2D eigenvalue weighted by Crippen LogP contribution is 2.26. The lowest BCUT2D eigenvalue weighted by Gasteiger charge is -2.18. The maximum Gasteiger partial charge on any atom is 0.230 e. The van der Waals surface area contributed by atoms with Crippen molar-refractivity contribution in [3.8, 4) is 0 Å². The summed E-state index contributed by atoms with van der Waals surface area (Å²) < 4.78 is 0. The molecule has 5 nitrogen and oxygen atoms in total.